The predicted molar refractivity (Wildman–Crippen MR) is 144 cm³/mol. The molecule has 1 saturated carbocycles. The van der Waals surface area contributed by atoms with E-state index in [-0.39, 0.29) is 23.1 Å². The zero-order valence-corrected chi connectivity index (χ0v) is 22.3. The summed E-state index contributed by atoms with van der Waals surface area (Å²) in [6.07, 6.45) is 2.59. The standard InChI is InChI=1S/C24H25ClN10O3S/c25-21-17(30-24-31-22(29-15-1-2-15)23-28-11-16(10-27)35(23)32-24)7-14(9-26)8-18(21)33-3-5-34(6-4-33)19-12-39(37,38)13-20(19)36/h7-8,11,15,19-20,36H,1-6,12-13H2,(H2,29,30,31,32)/t19-,20-/m0/s1. The smallest absolute Gasteiger partial charge is 0.247 e. The number of fused-ring (bicyclic) bond motifs is 1. The van der Waals surface area contributed by atoms with E-state index in [0.29, 0.717) is 65.6 Å². The van der Waals surface area contributed by atoms with Gasteiger partial charge < -0.3 is 20.6 Å². The number of halogens is 1. The summed E-state index contributed by atoms with van der Waals surface area (Å²) >= 11 is 6.85. The Morgan fingerprint density at radius 1 is 1.10 bits per heavy atom. The number of nitriles is 2. The number of nitrogens with one attached hydrogen (secondary N) is 2. The summed E-state index contributed by atoms with van der Waals surface area (Å²) < 4.78 is 25.3. The highest BCUT2D eigenvalue weighted by Gasteiger charge is 2.41. The Morgan fingerprint density at radius 3 is 2.51 bits per heavy atom. The van der Waals surface area contributed by atoms with E-state index < -0.39 is 22.0 Å². The van der Waals surface area contributed by atoms with Crippen LogP contribution >= 0.6 is 11.6 Å². The van der Waals surface area contributed by atoms with Crippen molar-refractivity contribution in [3.63, 3.8) is 0 Å². The lowest BCUT2D eigenvalue weighted by atomic mass is 10.1. The van der Waals surface area contributed by atoms with Crippen LogP contribution in [0.5, 0.6) is 0 Å². The van der Waals surface area contributed by atoms with Crippen LogP contribution in [0.1, 0.15) is 24.1 Å². The number of nitrogens with zero attached hydrogens (tertiary/aromatic N) is 8. The number of rotatable bonds is 6. The zero-order valence-electron chi connectivity index (χ0n) is 20.7. The van der Waals surface area contributed by atoms with Crippen molar-refractivity contribution >= 4 is 50.2 Å². The van der Waals surface area contributed by atoms with Crippen molar-refractivity contribution in [3.05, 3.63) is 34.6 Å². The number of imidazole rings is 1. The largest absolute Gasteiger partial charge is 0.390 e. The molecule has 3 N–H and O–H groups in total. The molecule has 2 aromatic heterocycles. The lowest BCUT2D eigenvalue weighted by molar-refractivity contribution is 0.0793. The van der Waals surface area contributed by atoms with Crippen molar-refractivity contribution < 1.29 is 13.5 Å². The molecule has 0 radical (unpaired) electrons. The van der Waals surface area contributed by atoms with Gasteiger partial charge in [0.25, 0.3) is 0 Å². The molecule has 13 nitrogen and oxygen atoms in total. The van der Waals surface area contributed by atoms with Gasteiger partial charge in [0.05, 0.1) is 57.9 Å². The van der Waals surface area contributed by atoms with Crippen LogP contribution in [0, 0.1) is 22.7 Å². The van der Waals surface area contributed by atoms with Gasteiger partial charge in [-0.15, -0.1) is 5.10 Å². The summed E-state index contributed by atoms with van der Waals surface area (Å²) in [6, 6.07) is 7.45. The number of anilines is 4. The lowest BCUT2D eigenvalue weighted by Crippen LogP contribution is -2.53. The molecule has 3 aliphatic rings. The van der Waals surface area contributed by atoms with E-state index in [2.05, 4.69) is 37.8 Å². The number of piperazine rings is 1. The summed E-state index contributed by atoms with van der Waals surface area (Å²) in [7, 11) is -3.24. The highest BCUT2D eigenvalue weighted by Crippen LogP contribution is 2.37. The van der Waals surface area contributed by atoms with Gasteiger partial charge in [0.1, 0.15) is 6.07 Å². The Hall–Kier alpha value is -3.69. The molecular formula is C24H25ClN10O3S. The van der Waals surface area contributed by atoms with E-state index >= 15 is 0 Å². The molecule has 2 atom stereocenters. The van der Waals surface area contributed by atoms with E-state index in [1.165, 1.54) is 10.7 Å². The van der Waals surface area contributed by atoms with Gasteiger partial charge in [-0.25, -0.2) is 13.4 Å². The van der Waals surface area contributed by atoms with Crippen LogP contribution in [0.4, 0.5) is 23.1 Å². The predicted octanol–water partition coefficient (Wildman–Crippen LogP) is 1.12. The van der Waals surface area contributed by atoms with Crippen molar-refractivity contribution in [2.45, 2.75) is 31.0 Å². The second-order valence-corrected chi connectivity index (χ2v) is 12.6. The first-order valence-electron chi connectivity index (χ1n) is 12.6. The SMILES string of the molecule is N#Cc1cc(Nc2nc(NC3CC3)c3ncc(C#N)n3n2)c(Cl)c(N2CCN([C@H]3CS(=O)(=O)C[C@@H]3O)CC2)c1. The van der Waals surface area contributed by atoms with E-state index in [1.807, 2.05) is 9.80 Å². The summed E-state index contributed by atoms with van der Waals surface area (Å²) in [5, 5.41) is 40.7. The van der Waals surface area contributed by atoms with E-state index in [9.17, 15) is 24.0 Å². The number of hydrogen-bond donors (Lipinski definition) is 3. The fourth-order valence-electron chi connectivity index (χ4n) is 5.10. The summed E-state index contributed by atoms with van der Waals surface area (Å²) in [6.45, 7) is 2.16. The lowest BCUT2D eigenvalue weighted by Gasteiger charge is -2.40. The van der Waals surface area contributed by atoms with Crippen LogP contribution in [0.25, 0.3) is 5.65 Å². The molecule has 3 aromatic rings. The van der Waals surface area contributed by atoms with E-state index in [4.69, 9.17) is 11.6 Å². The second kappa shape index (κ2) is 9.81. The first-order valence-corrected chi connectivity index (χ1v) is 14.7. The normalized spacial score (nSPS) is 22.9. The summed E-state index contributed by atoms with van der Waals surface area (Å²) in [4.78, 5) is 12.9. The van der Waals surface area contributed by atoms with Gasteiger partial charge in [-0.3, -0.25) is 4.90 Å². The maximum atomic E-state index is 12.0. The number of benzene rings is 1. The Bertz CT molecular complexity index is 1630. The zero-order chi connectivity index (χ0) is 27.3. The molecular weight excluding hydrogens is 544 g/mol. The van der Waals surface area contributed by atoms with Crippen molar-refractivity contribution in [1.82, 2.24) is 24.5 Å². The Morgan fingerprint density at radius 2 is 1.87 bits per heavy atom. The quantitative estimate of drug-likeness (QED) is 0.387. The molecule has 4 heterocycles. The topological polar surface area (TPSA) is 176 Å². The van der Waals surface area contributed by atoms with Crippen LogP contribution in [-0.2, 0) is 9.84 Å². The van der Waals surface area contributed by atoms with Crippen LogP contribution in [-0.4, -0.2) is 93.9 Å². The molecule has 0 unspecified atom stereocenters. The van der Waals surface area contributed by atoms with Gasteiger partial charge in [0, 0.05) is 32.2 Å². The molecule has 3 fully saturated rings. The molecule has 6 rings (SSSR count). The number of aliphatic hydroxyl groups excluding tert-OH is 1. The molecule has 15 heteroatoms. The van der Waals surface area contributed by atoms with Gasteiger partial charge in [0.15, 0.2) is 27.0 Å². The number of aromatic nitrogens is 4. The van der Waals surface area contributed by atoms with E-state index in [0.717, 1.165) is 12.8 Å². The van der Waals surface area contributed by atoms with Crippen molar-refractivity contribution in [2.24, 2.45) is 0 Å². The minimum atomic E-state index is -3.24. The third-order valence-corrected chi connectivity index (χ3v) is 9.34. The van der Waals surface area contributed by atoms with Crippen LogP contribution in [0.15, 0.2) is 18.3 Å². The fourth-order valence-corrected chi connectivity index (χ4v) is 7.21. The third-order valence-electron chi connectivity index (χ3n) is 7.24. The van der Waals surface area contributed by atoms with Crippen molar-refractivity contribution in [1.29, 1.82) is 10.5 Å². The fraction of sp³-hybridized carbons (Fsp3) is 0.458. The number of sulfone groups is 1. The minimum absolute atomic E-state index is 0.0424. The average Bonchev–Trinajstić information content (AvgIpc) is 3.56. The highest BCUT2D eigenvalue weighted by molar-refractivity contribution is 7.91. The molecule has 2 aliphatic heterocycles. The molecule has 0 spiro atoms. The van der Waals surface area contributed by atoms with Crippen molar-refractivity contribution in [3.8, 4) is 12.1 Å². The van der Waals surface area contributed by atoms with Gasteiger partial charge >= 0.3 is 0 Å². The maximum Gasteiger partial charge on any atom is 0.247 e. The average molecular weight is 569 g/mol. The molecule has 0 bridgehead atoms. The highest BCUT2D eigenvalue weighted by atomic mass is 35.5. The third kappa shape index (κ3) is 5.04. The first kappa shape index (κ1) is 25.6. The molecule has 1 aromatic carbocycles. The molecule has 2 saturated heterocycles. The Kier molecular flexibility index (Phi) is 6.43. The first-order chi connectivity index (χ1) is 18.7. The molecule has 202 valence electrons. The number of hydrogen-bond acceptors (Lipinski definition) is 12. The maximum absolute atomic E-state index is 12.0. The minimum Gasteiger partial charge on any atom is -0.390 e. The monoisotopic (exact) mass is 568 g/mol. The van der Waals surface area contributed by atoms with Gasteiger partial charge in [0.2, 0.25) is 5.95 Å². The Labute approximate surface area is 229 Å². The van der Waals surface area contributed by atoms with Gasteiger partial charge in [-0.05, 0) is 25.0 Å². The number of aliphatic hydroxyl groups is 1. The van der Waals surface area contributed by atoms with Gasteiger partial charge in [-0.1, -0.05) is 11.6 Å². The summed E-state index contributed by atoms with van der Waals surface area (Å²) in [5.41, 5.74) is 2.16. The second-order valence-electron chi connectivity index (χ2n) is 10.0. The van der Waals surface area contributed by atoms with Gasteiger partial charge in [-0.2, -0.15) is 20.0 Å². The molecule has 39 heavy (non-hydrogen) atoms. The Balaban J connectivity index is 1.27. The molecule has 0 amide bonds. The molecule has 1 aliphatic carbocycles. The van der Waals surface area contributed by atoms with Crippen LogP contribution < -0.4 is 15.5 Å². The van der Waals surface area contributed by atoms with Crippen molar-refractivity contribution in [2.75, 3.05) is 53.2 Å². The van der Waals surface area contributed by atoms with E-state index in [1.54, 1.807) is 12.1 Å². The van der Waals surface area contributed by atoms with Crippen LogP contribution in [0.3, 0.4) is 0 Å². The summed E-state index contributed by atoms with van der Waals surface area (Å²) in [5.74, 6) is 0.434. The van der Waals surface area contributed by atoms with Crippen LogP contribution in [0.2, 0.25) is 5.02 Å².